The normalized spacial score (nSPS) is 28.6. The van der Waals surface area contributed by atoms with Crippen molar-refractivity contribution >= 4 is 11.9 Å². The number of rotatable bonds is 3. The second-order valence-corrected chi connectivity index (χ2v) is 6.52. The van der Waals surface area contributed by atoms with Gasteiger partial charge in [-0.3, -0.25) is 0 Å². The second kappa shape index (κ2) is 6.27. The van der Waals surface area contributed by atoms with Crippen LogP contribution in [0.1, 0.15) is 52.4 Å². The molecule has 3 aliphatic rings. The molecule has 0 saturated carbocycles. The van der Waals surface area contributed by atoms with Crippen molar-refractivity contribution in [3.8, 4) is 0 Å². The molecule has 22 heavy (non-hydrogen) atoms. The number of ether oxygens (including phenoxy) is 2. The van der Waals surface area contributed by atoms with Crippen molar-refractivity contribution in [1.29, 1.82) is 0 Å². The van der Waals surface area contributed by atoms with E-state index in [9.17, 15) is 9.59 Å². The van der Waals surface area contributed by atoms with Gasteiger partial charge in [0.25, 0.3) is 0 Å². The van der Waals surface area contributed by atoms with Gasteiger partial charge < -0.3 is 9.47 Å². The Morgan fingerprint density at radius 1 is 1.00 bits per heavy atom. The molecule has 4 nitrogen and oxygen atoms in total. The van der Waals surface area contributed by atoms with Gasteiger partial charge in [-0.2, -0.15) is 0 Å². The van der Waals surface area contributed by atoms with Crippen molar-refractivity contribution in [3.63, 3.8) is 0 Å². The largest absolute Gasteiger partial charge is 0.458 e. The molecule has 120 valence electrons. The van der Waals surface area contributed by atoms with Crippen molar-refractivity contribution in [2.45, 2.75) is 52.4 Å². The Morgan fingerprint density at radius 3 is 2.41 bits per heavy atom. The van der Waals surface area contributed by atoms with Gasteiger partial charge in [-0.25, -0.2) is 9.59 Å². The summed E-state index contributed by atoms with van der Waals surface area (Å²) in [5.74, 6) is 0.245. The first kappa shape index (κ1) is 15.3. The molecule has 0 bridgehead atoms. The van der Waals surface area contributed by atoms with Gasteiger partial charge in [0.15, 0.2) is 0 Å². The third-order valence-electron chi connectivity index (χ3n) is 5.29. The first-order chi connectivity index (χ1) is 10.7. The number of hydrogen-bond donors (Lipinski definition) is 0. The highest BCUT2D eigenvalue weighted by Gasteiger charge is 2.38. The number of carbonyl (C=O) groups excluding carboxylic acids is 2. The van der Waals surface area contributed by atoms with Crippen LogP contribution in [-0.4, -0.2) is 25.2 Å². The molecule has 2 unspecified atom stereocenters. The number of cyclic esters (lactones) is 2. The third-order valence-corrected chi connectivity index (χ3v) is 5.29. The molecule has 2 aliphatic heterocycles. The van der Waals surface area contributed by atoms with Crippen molar-refractivity contribution in [2.24, 2.45) is 11.8 Å². The van der Waals surface area contributed by atoms with Gasteiger partial charge in [-0.05, 0) is 48.7 Å². The maximum Gasteiger partial charge on any atom is 0.334 e. The van der Waals surface area contributed by atoms with E-state index in [1.54, 1.807) is 0 Å². The Bertz CT molecular complexity index is 555. The van der Waals surface area contributed by atoms with Crippen LogP contribution in [0.2, 0.25) is 0 Å². The summed E-state index contributed by atoms with van der Waals surface area (Å²) in [5, 5.41) is 0. The molecule has 1 aliphatic carbocycles. The molecule has 2 heterocycles. The van der Waals surface area contributed by atoms with Crippen LogP contribution in [0.4, 0.5) is 0 Å². The van der Waals surface area contributed by atoms with Gasteiger partial charge in [0.2, 0.25) is 0 Å². The Balaban J connectivity index is 2.01. The standard InChI is InChI=1S/C18H24O4/c1-3-5-14-11(4-2)8-15-12(9-21-17(15)19)6-7-13-10-22-18(20)16(13)14/h11,14H,3-10H2,1-2H3. The average Bonchev–Trinajstić information content (AvgIpc) is 3.05. The van der Waals surface area contributed by atoms with Crippen LogP contribution in [0.5, 0.6) is 0 Å². The zero-order chi connectivity index (χ0) is 15.7. The zero-order valence-electron chi connectivity index (χ0n) is 13.4. The molecule has 0 radical (unpaired) electrons. The van der Waals surface area contributed by atoms with Gasteiger partial charge in [0.1, 0.15) is 13.2 Å². The van der Waals surface area contributed by atoms with E-state index in [2.05, 4.69) is 13.8 Å². The molecule has 0 saturated heterocycles. The maximum atomic E-state index is 12.3. The maximum absolute atomic E-state index is 12.3. The fourth-order valence-electron chi connectivity index (χ4n) is 4.06. The number of hydrogen-bond acceptors (Lipinski definition) is 4. The van der Waals surface area contributed by atoms with Crippen molar-refractivity contribution < 1.29 is 19.1 Å². The summed E-state index contributed by atoms with van der Waals surface area (Å²) in [6, 6.07) is 0. The van der Waals surface area contributed by atoms with Crippen LogP contribution in [0, 0.1) is 11.8 Å². The molecule has 3 rings (SSSR count). The lowest BCUT2D eigenvalue weighted by Gasteiger charge is -2.26. The summed E-state index contributed by atoms with van der Waals surface area (Å²) in [4.78, 5) is 24.3. The summed E-state index contributed by atoms with van der Waals surface area (Å²) in [6.45, 7) is 5.16. The molecular formula is C18H24O4. The van der Waals surface area contributed by atoms with Gasteiger partial charge in [0, 0.05) is 11.1 Å². The minimum Gasteiger partial charge on any atom is -0.458 e. The molecule has 0 spiro atoms. The van der Waals surface area contributed by atoms with Crippen LogP contribution in [0.15, 0.2) is 22.3 Å². The lowest BCUT2D eigenvalue weighted by atomic mass is 9.77. The van der Waals surface area contributed by atoms with E-state index in [-0.39, 0.29) is 17.9 Å². The van der Waals surface area contributed by atoms with Gasteiger partial charge in [0.05, 0.1) is 0 Å². The Hall–Kier alpha value is -1.58. The molecule has 2 atom stereocenters. The van der Waals surface area contributed by atoms with E-state index in [1.807, 2.05) is 0 Å². The molecule has 0 fully saturated rings. The average molecular weight is 304 g/mol. The fourth-order valence-corrected chi connectivity index (χ4v) is 4.06. The summed E-state index contributed by atoms with van der Waals surface area (Å²) in [5.41, 5.74) is 4.08. The molecule has 4 heteroatoms. The van der Waals surface area contributed by atoms with Crippen LogP contribution in [0.25, 0.3) is 0 Å². The molecule has 0 aromatic carbocycles. The Labute approximate surface area is 131 Å². The number of esters is 2. The monoisotopic (exact) mass is 304 g/mol. The first-order valence-electron chi connectivity index (χ1n) is 8.42. The lowest BCUT2D eigenvalue weighted by molar-refractivity contribution is -0.137. The smallest absolute Gasteiger partial charge is 0.334 e. The summed E-state index contributed by atoms with van der Waals surface area (Å²) in [7, 11) is 0. The summed E-state index contributed by atoms with van der Waals surface area (Å²) >= 11 is 0. The second-order valence-electron chi connectivity index (χ2n) is 6.52. The molecular weight excluding hydrogens is 280 g/mol. The highest BCUT2D eigenvalue weighted by Crippen LogP contribution is 2.41. The van der Waals surface area contributed by atoms with E-state index < -0.39 is 0 Å². The van der Waals surface area contributed by atoms with Crippen LogP contribution in [0.3, 0.4) is 0 Å². The molecule has 0 aromatic rings. The van der Waals surface area contributed by atoms with Gasteiger partial charge >= 0.3 is 11.9 Å². The predicted octanol–water partition coefficient (Wildman–Crippen LogP) is 3.32. The topological polar surface area (TPSA) is 52.6 Å². The van der Waals surface area contributed by atoms with E-state index in [0.29, 0.717) is 19.1 Å². The highest BCUT2D eigenvalue weighted by atomic mass is 16.5. The van der Waals surface area contributed by atoms with Crippen molar-refractivity contribution in [3.05, 3.63) is 22.3 Å². The van der Waals surface area contributed by atoms with E-state index in [1.165, 1.54) is 0 Å². The lowest BCUT2D eigenvalue weighted by Crippen LogP contribution is -2.22. The van der Waals surface area contributed by atoms with Crippen LogP contribution in [-0.2, 0) is 19.1 Å². The van der Waals surface area contributed by atoms with Crippen LogP contribution >= 0.6 is 0 Å². The first-order valence-corrected chi connectivity index (χ1v) is 8.42. The predicted molar refractivity (Wildman–Crippen MR) is 82.0 cm³/mol. The summed E-state index contributed by atoms with van der Waals surface area (Å²) < 4.78 is 10.6. The van der Waals surface area contributed by atoms with Crippen LogP contribution < -0.4 is 0 Å². The van der Waals surface area contributed by atoms with Gasteiger partial charge in [-0.15, -0.1) is 0 Å². The fraction of sp³-hybridized carbons (Fsp3) is 0.667. The van der Waals surface area contributed by atoms with E-state index in [4.69, 9.17) is 9.47 Å². The highest BCUT2D eigenvalue weighted by molar-refractivity contribution is 5.93. The van der Waals surface area contributed by atoms with Crippen molar-refractivity contribution in [1.82, 2.24) is 0 Å². The number of carbonyl (C=O) groups is 2. The third kappa shape index (κ3) is 2.59. The zero-order valence-corrected chi connectivity index (χ0v) is 13.4. The van der Waals surface area contributed by atoms with E-state index in [0.717, 1.165) is 60.8 Å². The van der Waals surface area contributed by atoms with E-state index >= 15 is 0 Å². The minimum atomic E-state index is -0.145. The minimum absolute atomic E-state index is 0.128. The van der Waals surface area contributed by atoms with Crippen molar-refractivity contribution in [2.75, 3.05) is 13.2 Å². The Kier molecular flexibility index (Phi) is 4.37. The molecule has 0 aromatic heterocycles. The quantitative estimate of drug-likeness (QED) is 0.751. The van der Waals surface area contributed by atoms with Gasteiger partial charge in [-0.1, -0.05) is 26.7 Å². The molecule has 0 amide bonds. The molecule has 0 N–H and O–H groups in total. The Morgan fingerprint density at radius 2 is 1.68 bits per heavy atom. The summed E-state index contributed by atoms with van der Waals surface area (Å²) in [6.07, 6.45) is 5.32. The SMILES string of the molecule is CCCC1C2=C(CCC3=C(CC1CC)C(=O)OC3)COC2=O.